The predicted molar refractivity (Wildman–Crippen MR) is 88.8 cm³/mol. The molecule has 0 aromatic carbocycles. The Labute approximate surface area is 128 Å². The van der Waals surface area contributed by atoms with Crippen molar-refractivity contribution in [3.05, 3.63) is 11.9 Å². The first-order valence-corrected chi connectivity index (χ1v) is 8.06. The molecule has 0 radical (unpaired) electrons. The molecule has 1 atom stereocenters. The smallest absolute Gasteiger partial charge is 0.158 e. The van der Waals surface area contributed by atoms with Gasteiger partial charge in [-0.25, -0.2) is 9.97 Å². The average molecular weight is 294 g/mol. The second-order valence-electron chi connectivity index (χ2n) is 5.46. The second-order valence-corrected chi connectivity index (χ2v) is 5.46. The number of anilines is 2. The Morgan fingerprint density at radius 2 is 1.90 bits per heavy atom. The largest absolute Gasteiger partial charge is 0.377 e. The first-order valence-electron chi connectivity index (χ1n) is 8.06. The van der Waals surface area contributed by atoms with Crippen LogP contribution in [0.5, 0.6) is 0 Å². The van der Waals surface area contributed by atoms with Gasteiger partial charge in [-0.1, -0.05) is 33.1 Å². The number of hydrogen-bond acceptors (Lipinski definition) is 5. The first kappa shape index (κ1) is 17.7. The monoisotopic (exact) mass is 294 g/mol. The van der Waals surface area contributed by atoms with Gasteiger partial charge < -0.3 is 15.4 Å². The summed E-state index contributed by atoms with van der Waals surface area (Å²) in [4.78, 5) is 8.97. The van der Waals surface area contributed by atoms with Gasteiger partial charge in [0.25, 0.3) is 0 Å². The Balaban J connectivity index is 2.67. The normalized spacial score (nSPS) is 12.2. The van der Waals surface area contributed by atoms with Crippen LogP contribution in [0, 0.1) is 0 Å². The van der Waals surface area contributed by atoms with E-state index in [2.05, 4.69) is 41.4 Å². The van der Waals surface area contributed by atoms with Gasteiger partial charge in [-0.15, -0.1) is 0 Å². The lowest BCUT2D eigenvalue weighted by atomic mass is 10.1. The molecule has 0 aliphatic heterocycles. The van der Waals surface area contributed by atoms with Crippen LogP contribution >= 0.6 is 0 Å². The third-order valence-electron chi connectivity index (χ3n) is 3.24. The van der Waals surface area contributed by atoms with E-state index in [1.54, 1.807) is 7.11 Å². The molecular formula is C16H30N4O. The van der Waals surface area contributed by atoms with Crippen molar-refractivity contribution in [2.45, 2.75) is 65.5 Å². The molecule has 0 aliphatic rings. The molecule has 1 unspecified atom stereocenters. The van der Waals surface area contributed by atoms with Crippen LogP contribution in [0.2, 0.25) is 0 Å². The Hall–Kier alpha value is -1.36. The van der Waals surface area contributed by atoms with E-state index in [0.29, 0.717) is 18.5 Å². The molecule has 1 aromatic heterocycles. The minimum atomic E-state index is 0.417. The van der Waals surface area contributed by atoms with Crippen molar-refractivity contribution in [2.75, 3.05) is 24.3 Å². The van der Waals surface area contributed by atoms with E-state index in [-0.39, 0.29) is 0 Å². The molecule has 21 heavy (non-hydrogen) atoms. The number of methoxy groups -OCH3 is 1. The molecule has 2 N–H and O–H groups in total. The van der Waals surface area contributed by atoms with Gasteiger partial charge in [0.2, 0.25) is 0 Å². The molecular weight excluding hydrogens is 264 g/mol. The molecule has 1 aromatic rings. The van der Waals surface area contributed by atoms with Crippen molar-refractivity contribution in [2.24, 2.45) is 0 Å². The number of nitrogens with zero attached hydrogens (tertiary/aromatic N) is 2. The summed E-state index contributed by atoms with van der Waals surface area (Å²) >= 11 is 0. The number of nitrogens with one attached hydrogen (secondary N) is 2. The molecule has 5 heteroatoms. The number of hydrogen-bond donors (Lipinski definition) is 2. The van der Waals surface area contributed by atoms with Gasteiger partial charge in [0.15, 0.2) is 5.82 Å². The molecule has 0 saturated heterocycles. The van der Waals surface area contributed by atoms with Crippen LogP contribution in [-0.4, -0.2) is 29.7 Å². The number of rotatable bonds is 11. The van der Waals surface area contributed by atoms with Crippen LogP contribution < -0.4 is 10.6 Å². The quantitative estimate of drug-likeness (QED) is 0.607. The van der Waals surface area contributed by atoms with Crippen molar-refractivity contribution in [1.29, 1.82) is 0 Å². The highest BCUT2D eigenvalue weighted by molar-refractivity contribution is 5.48. The zero-order valence-corrected chi connectivity index (χ0v) is 13.9. The SMILES string of the molecule is CCCCCC(C)Nc1cc(NCCC)nc(COC)n1. The van der Waals surface area contributed by atoms with Crippen LogP contribution in [0.15, 0.2) is 6.07 Å². The van der Waals surface area contributed by atoms with Gasteiger partial charge in [0.1, 0.15) is 18.2 Å². The van der Waals surface area contributed by atoms with Crippen LogP contribution in [0.1, 0.15) is 58.7 Å². The molecule has 0 saturated carbocycles. The summed E-state index contributed by atoms with van der Waals surface area (Å²) in [7, 11) is 1.66. The summed E-state index contributed by atoms with van der Waals surface area (Å²) in [5, 5.41) is 6.78. The Kier molecular flexibility index (Phi) is 8.74. The zero-order valence-electron chi connectivity index (χ0n) is 13.9. The van der Waals surface area contributed by atoms with E-state index in [4.69, 9.17) is 4.74 Å². The summed E-state index contributed by atoms with van der Waals surface area (Å²) in [6.45, 7) is 7.91. The Bertz CT molecular complexity index is 398. The van der Waals surface area contributed by atoms with E-state index < -0.39 is 0 Å². The van der Waals surface area contributed by atoms with Crippen molar-refractivity contribution >= 4 is 11.6 Å². The number of unbranched alkanes of at least 4 members (excludes halogenated alkanes) is 2. The Morgan fingerprint density at radius 1 is 1.14 bits per heavy atom. The molecule has 1 heterocycles. The maximum Gasteiger partial charge on any atom is 0.158 e. The summed E-state index contributed by atoms with van der Waals surface area (Å²) in [6.07, 6.45) is 6.02. The van der Waals surface area contributed by atoms with Crippen molar-refractivity contribution in [3.8, 4) is 0 Å². The summed E-state index contributed by atoms with van der Waals surface area (Å²) < 4.78 is 5.15. The van der Waals surface area contributed by atoms with Crippen molar-refractivity contribution in [3.63, 3.8) is 0 Å². The molecule has 1 rings (SSSR count). The molecule has 0 spiro atoms. The highest BCUT2D eigenvalue weighted by Gasteiger charge is 2.07. The van der Waals surface area contributed by atoms with E-state index in [9.17, 15) is 0 Å². The van der Waals surface area contributed by atoms with Crippen LogP contribution in [0.3, 0.4) is 0 Å². The summed E-state index contributed by atoms with van der Waals surface area (Å²) in [6, 6.07) is 2.39. The second kappa shape index (κ2) is 10.4. The topological polar surface area (TPSA) is 59.1 Å². The number of aromatic nitrogens is 2. The Morgan fingerprint density at radius 3 is 2.57 bits per heavy atom. The maximum atomic E-state index is 5.15. The summed E-state index contributed by atoms with van der Waals surface area (Å²) in [5.41, 5.74) is 0. The van der Waals surface area contributed by atoms with Crippen LogP contribution in [-0.2, 0) is 11.3 Å². The molecule has 0 amide bonds. The van der Waals surface area contributed by atoms with Gasteiger partial charge >= 0.3 is 0 Å². The highest BCUT2D eigenvalue weighted by atomic mass is 16.5. The van der Waals surface area contributed by atoms with Gasteiger partial charge in [-0.2, -0.15) is 0 Å². The first-order chi connectivity index (χ1) is 10.2. The van der Waals surface area contributed by atoms with E-state index in [1.165, 1.54) is 19.3 Å². The van der Waals surface area contributed by atoms with Crippen LogP contribution in [0.4, 0.5) is 11.6 Å². The van der Waals surface area contributed by atoms with E-state index in [1.807, 2.05) is 6.07 Å². The third-order valence-corrected chi connectivity index (χ3v) is 3.24. The zero-order chi connectivity index (χ0) is 15.5. The lowest BCUT2D eigenvalue weighted by Gasteiger charge is -2.16. The van der Waals surface area contributed by atoms with Crippen molar-refractivity contribution in [1.82, 2.24) is 9.97 Å². The standard InChI is InChI=1S/C16H30N4O/c1-5-7-8-9-13(3)18-15-11-14(17-10-6-2)19-16(20-15)12-21-4/h11,13H,5-10,12H2,1-4H3,(H2,17,18,19,20). The highest BCUT2D eigenvalue weighted by Crippen LogP contribution is 2.15. The van der Waals surface area contributed by atoms with Gasteiger partial charge in [0, 0.05) is 25.8 Å². The van der Waals surface area contributed by atoms with Gasteiger partial charge in [-0.3, -0.25) is 0 Å². The lowest BCUT2D eigenvalue weighted by molar-refractivity contribution is 0.178. The molecule has 0 aliphatic carbocycles. The van der Waals surface area contributed by atoms with E-state index in [0.717, 1.165) is 31.0 Å². The van der Waals surface area contributed by atoms with Crippen molar-refractivity contribution < 1.29 is 4.74 Å². The van der Waals surface area contributed by atoms with Crippen LogP contribution in [0.25, 0.3) is 0 Å². The predicted octanol–water partition coefficient (Wildman–Crippen LogP) is 3.83. The van der Waals surface area contributed by atoms with E-state index >= 15 is 0 Å². The minimum Gasteiger partial charge on any atom is -0.377 e. The molecule has 0 bridgehead atoms. The fraction of sp³-hybridized carbons (Fsp3) is 0.750. The van der Waals surface area contributed by atoms with Gasteiger partial charge in [-0.05, 0) is 19.8 Å². The fourth-order valence-corrected chi connectivity index (χ4v) is 2.13. The maximum absolute atomic E-state index is 5.15. The molecule has 120 valence electrons. The summed E-state index contributed by atoms with van der Waals surface area (Å²) in [5.74, 6) is 2.45. The minimum absolute atomic E-state index is 0.417. The molecule has 5 nitrogen and oxygen atoms in total. The number of ether oxygens (including phenoxy) is 1. The molecule has 0 fully saturated rings. The fourth-order valence-electron chi connectivity index (χ4n) is 2.13. The van der Waals surface area contributed by atoms with Gasteiger partial charge in [0.05, 0.1) is 0 Å². The average Bonchev–Trinajstić information content (AvgIpc) is 2.45. The lowest BCUT2D eigenvalue weighted by Crippen LogP contribution is -2.17. The third kappa shape index (κ3) is 7.27.